The molecular formula is C19H31NO3Si. The van der Waals surface area contributed by atoms with Crippen molar-refractivity contribution in [1.29, 1.82) is 0 Å². The zero-order valence-corrected chi connectivity index (χ0v) is 16.6. The Balaban J connectivity index is 1.84. The first-order valence-electron chi connectivity index (χ1n) is 9.58. The summed E-state index contributed by atoms with van der Waals surface area (Å²) in [6.07, 6.45) is 9.28. The summed E-state index contributed by atoms with van der Waals surface area (Å²) in [6, 6.07) is 0.417. The van der Waals surface area contributed by atoms with Gasteiger partial charge in [-0.1, -0.05) is 26.0 Å². The van der Waals surface area contributed by atoms with Gasteiger partial charge in [-0.15, -0.1) is 0 Å². The van der Waals surface area contributed by atoms with E-state index in [1.165, 1.54) is 0 Å². The molecule has 5 heteroatoms. The SMILES string of the molecule is CC/C=C/[C@@]12[C@@H]3C[C@H]4[C@@H]([C@@H](C)C=O)[C@](O[Si](C)(C)C)(O3)[C@H]1CCN42. The molecule has 5 saturated heterocycles. The lowest BCUT2D eigenvalue weighted by atomic mass is 9.69. The maximum atomic E-state index is 11.7. The highest BCUT2D eigenvalue weighted by Gasteiger charge is 2.81. The van der Waals surface area contributed by atoms with Crippen molar-refractivity contribution < 1.29 is 14.0 Å². The molecule has 0 saturated carbocycles. The molecule has 24 heavy (non-hydrogen) atoms. The second-order valence-corrected chi connectivity index (χ2v) is 13.5. The lowest BCUT2D eigenvalue weighted by Gasteiger charge is -2.54. The third-order valence-corrected chi connectivity index (χ3v) is 7.58. The first-order chi connectivity index (χ1) is 11.3. The second-order valence-electron chi connectivity index (χ2n) is 9.10. The number of aldehydes is 1. The Morgan fingerprint density at radius 1 is 1.42 bits per heavy atom. The van der Waals surface area contributed by atoms with E-state index >= 15 is 0 Å². The van der Waals surface area contributed by atoms with E-state index in [4.69, 9.17) is 9.16 Å². The highest BCUT2D eigenvalue weighted by Crippen LogP contribution is 2.69. The largest absolute Gasteiger partial charge is 0.390 e. The number of allylic oxidation sites excluding steroid dienone is 1. The van der Waals surface area contributed by atoms with Crippen molar-refractivity contribution in [2.45, 2.75) is 76.2 Å². The van der Waals surface area contributed by atoms with Gasteiger partial charge in [-0.3, -0.25) is 4.90 Å². The van der Waals surface area contributed by atoms with E-state index < -0.39 is 14.1 Å². The Morgan fingerprint density at radius 3 is 2.79 bits per heavy atom. The summed E-state index contributed by atoms with van der Waals surface area (Å²) in [6.45, 7) is 12.1. The van der Waals surface area contributed by atoms with E-state index in [-0.39, 0.29) is 23.5 Å². The zero-order chi connectivity index (χ0) is 17.3. The molecule has 0 aromatic rings. The molecule has 0 aliphatic carbocycles. The summed E-state index contributed by atoms with van der Waals surface area (Å²) in [5.41, 5.74) is 0.0133. The van der Waals surface area contributed by atoms with Gasteiger partial charge < -0.3 is 14.0 Å². The molecular weight excluding hydrogens is 318 g/mol. The van der Waals surface area contributed by atoms with Gasteiger partial charge in [-0.2, -0.15) is 0 Å². The number of rotatable bonds is 6. The Morgan fingerprint density at radius 2 is 2.17 bits per heavy atom. The molecule has 5 aliphatic heterocycles. The van der Waals surface area contributed by atoms with Gasteiger partial charge in [0.05, 0.1) is 11.6 Å². The summed E-state index contributed by atoms with van der Waals surface area (Å²) < 4.78 is 13.6. The molecule has 134 valence electrons. The van der Waals surface area contributed by atoms with Gasteiger partial charge in [-0.05, 0) is 45.4 Å². The van der Waals surface area contributed by atoms with Crippen molar-refractivity contribution in [3.05, 3.63) is 12.2 Å². The summed E-state index contributed by atoms with van der Waals surface area (Å²) in [4.78, 5) is 14.4. The van der Waals surface area contributed by atoms with Crippen LogP contribution in [0.2, 0.25) is 19.6 Å². The number of carbonyl (C=O) groups excluding carboxylic acids is 1. The van der Waals surface area contributed by atoms with E-state index in [2.05, 4.69) is 50.5 Å². The van der Waals surface area contributed by atoms with E-state index in [0.717, 1.165) is 32.1 Å². The molecule has 0 aromatic heterocycles. The molecule has 0 amide bonds. The third kappa shape index (κ3) is 1.93. The number of hydrogen-bond acceptors (Lipinski definition) is 4. The van der Waals surface area contributed by atoms with Crippen molar-refractivity contribution in [1.82, 2.24) is 4.90 Å². The molecule has 0 spiro atoms. The van der Waals surface area contributed by atoms with E-state index in [1.807, 2.05) is 0 Å². The normalized spacial score (nSPS) is 50.1. The molecule has 5 rings (SSSR count). The average Bonchev–Trinajstić information content (AvgIpc) is 3.03. The number of nitrogens with zero attached hydrogens (tertiary/aromatic N) is 1. The highest BCUT2D eigenvalue weighted by atomic mass is 28.4. The Hall–Kier alpha value is -0.493. The van der Waals surface area contributed by atoms with Crippen LogP contribution in [0.15, 0.2) is 12.2 Å². The van der Waals surface area contributed by atoms with Gasteiger partial charge in [0.2, 0.25) is 0 Å². The first kappa shape index (κ1) is 16.9. The molecule has 0 aromatic carbocycles. The van der Waals surface area contributed by atoms with Crippen LogP contribution >= 0.6 is 0 Å². The predicted octanol–water partition coefficient (Wildman–Crippen LogP) is 3.20. The minimum atomic E-state index is -1.81. The highest BCUT2D eigenvalue weighted by molar-refractivity contribution is 6.69. The van der Waals surface area contributed by atoms with Crippen molar-refractivity contribution in [3.8, 4) is 0 Å². The molecule has 1 unspecified atom stereocenters. The van der Waals surface area contributed by atoms with Crippen LogP contribution in [0.4, 0.5) is 0 Å². The second kappa shape index (κ2) is 5.26. The fourth-order valence-corrected chi connectivity index (χ4v) is 7.53. The molecule has 4 nitrogen and oxygen atoms in total. The quantitative estimate of drug-likeness (QED) is 0.419. The first-order valence-corrected chi connectivity index (χ1v) is 13.0. The monoisotopic (exact) mass is 349 g/mol. The Bertz CT molecular complexity index is 573. The van der Waals surface area contributed by atoms with Crippen LogP contribution in [-0.4, -0.2) is 49.5 Å². The topological polar surface area (TPSA) is 38.8 Å². The number of carbonyl (C=O) groups is 1. The van der Waals surface area contributed by atoms with Gasteiger partial charge >= 0.3 is 0 Å². The summed E-state index contributed by atoms with van der Waals surface area (Å²) in [5.74, 6) is -0.0582. The Labute approximate surface area is 146 Å². The average molecular weight is 350 g/mol. The maximum absolute atomic E-state index is 11.7. The number of piperidine rings is 1. The van der Waals surface area contributed by atoms with Gasteiger partial charge in [0, 0.05) is 23.8 Å². The van der Waals surface area contributed by atoms with Crippen molar-refractivity contribution >= 4 is 14.6 Å². The molecule has 5 aliphatic rings. The molecule has 5 heterocycles. The third-order valence-electron chi connectivity index (χ3n) is 6.64. The van der Waals surface area contributed by atoms with Crippen LogP contribution < -0.4 is 0 Å². The van der Waals surface area contributed by atoms with Crippen molar-refractivity contribution in [2.24, 2.45) is 17.8 Å². The lowest BCUT2D eigenvalue weighted by molar-refractivity contribution is -0.268. The van der Waals surface area contributed by atoms with Gasteiger partial charge in [0.1, 0.15) is 6.29 Å². The molecule has 6 bridgehead atoms. The van der Waals surface area contributed by atoms with Crippen LogP contribution in [-0.2, 0) is 14.0 Å². The van der Waals surface area contributed by atoms with Gasteiger partial charge in [0.15, 0.2) is 14.1 Å². The van der Waals surface area contributed by atoms with E-state index in [0.29, 0.717) is 12.0 Å². The fraction of sp³-hybridized carbons (Fsp3) is 0.842. The minimum Gasteiger partial charge on any atom is -0.390 e. The van der Waals surface area contributed by atoms with Gasteiger partial charge in [-0.25, -0.2) is 0 Å². The van der Waals surface area contributed by atoms with Crippen LogP contribution in [0.1, 0.15) is 33.1 Å². The molecule has 0 N–H and O–H groups in total. The minimum absolute atomic E-state index is 0.0133. The van der Waals surface area contributed by atoms with Crippen molar-refractivity contribution in [3.63, 3.8) is 0 Å². The maximum Gasteiger partial charge on any atom is 0.187 e. The molecule has 0 radical (unpaired) electrons. The lowest BCUT2D eigenvalue weighted by Crippen LogP contribution is -2.65. The molecule has 5 fully saturated rings. The smallest absolute Gasteiger partial charge is 0.187 e. The van der Waals surface area contributed by atoms with Crippen LogP contribution in [0.5, 0.6) is 0 Å². The molecule has 8 atom stereocenters. The number of ether oxygens (including phenoxy) is 1. The van der Waals surface area contributed by atoms with Gasteiger partial charge in [0.25, 0.3) is 0 Å². The standard InChI is InChI=1S/C19H31NO3Si/c1-6-7-9-18-15-8-10-20(18)14-11-16(18)22-19(15,23-24(3,4)5)17(14)13(2)12-21/h7,9,12-17H,6,8,10-11H2,1-5H3/b9-7+/t13-,14-,15-,16-,17+,18-,19-/m0/s1. The Kier molecular flexibility index (Phi) is 3.71. The van der Waals surface area contributed by atoms with E-state index in [1.54, 1.807) is 0 Å². The summed E-state index contributed by atoms with van der Waals surface area (Å²) in [5, 5.41) is 0. The number of hydrogen-bond donors (Lipinski definition) is 0. The summed E-state index contributed by atoms with van der Waals surface area (Å²) in [7, 11) is -1.81. The van der Waals surface area contributed by atoms with Crippen LogP contribution in [0.3, 0.4) is 0 Å². The van der Waals surface area contributed by atoms with Crippen LogP contribution in [0.25, 0.3) is 0 Å². The van der Waals surface area contributed by atoms with E-state index in [9.17, 15) is 4.79 Å². The fourth-order valence-electron chi connectivity index (χ4n) is 6.25. The summed E-state index contributed by atoms with van der Waals surface area (Å²) >= 11 is 0. The van der Waals surface area contributed by atoms with Crippen LogP contribution in [0, 0.1) is 17.8 Å². The van der Waals surface area contributed by atoms with Crippen molar-refractivity contribution in [2.75, 3.05) is 6.54 Å². The zero-order valence-electron chi connectivity index (χ0n) is 15.6. The predicted molar refractivity (Wildman–Crippen MR) is 96.1 cm³/mol.